The summed E-state index contributed by atoms with van der Waals surface area (Å²) >= 11 is 0. The Labute approximate surface area is 149 Å². The van der Waals surface area contributed by atoms with E-state index in [1.165, 1.54) is 6.33 Å². The van der Waals surface area contributed by atoms with E-state index in [0.29, 0.717) is 5.56 Å². The first kappa shape index (κ1) is 15.6. The van der Waals surface area contributed by atoms with Crippen LogP contribution in [0.1, 0.15) is 23.6 Å². The van der Waals surface area contributed by atoms with Crippen molar-refractivity contribution in [1.82, 2.24) is 24.7 Å². The van der Waals surface area contributed by atoms with Crippen molar-refractivity contribution in [2.24, 2.45) is 0 Å². The Morgan fingerprint density at radius 1 is 1.19 bits per heavy atom. The van der Waals surface area contributed by atoms with Crippen LogP contribution in [0.3, 0.4) is 0 Å². The molecular weight excluding hydrogens is 326 g/mol. The van der Waals surface area contributed by atoms with E-state index in [9.17, 15) is 5.26 Å². The second-order valence-corrected chi connectivity index (χ2v) is 5.79. The largest absolute Gasteiger partial charge is 0.346 e. The molecule has 0 radical (unpaired) electrons. The standard InChI is InChI=1S/C19H13N7/c20-6-4-17(14-3-1-2-13(8-14)9-21)26-11-15(10-25-26)18-16-5-7-22-19(16)24-12-23-18/h1-3,5,7-8,10-12,17H,4H2,(H,22,23,24)/t17-/m0/s1. The molecule has 0 bridgehead atoms. The molecule has 0 saturated carbocycles. The normalized spacial score (nSPS) is 11.8. The van der Waals surface area contributed by atoms with Crippen molar-refractivity contribution in [2.75, 3.05) is 0 Å². The number of H-pyrrole nitrogens is 1. The van der Waals surface area contributed by atoms with Crippen LogP contribution in [0.25, 0.3) is 22.3 Å². The van der Waals surface area contributed by atoms with Gasteiger partial charge in [0.15, 0.2) is 0 Å². The number of aromatic amines is 1. The van der Waals surface area contributed by atoms with Gasteiger partial charge in [0.25, 0.3) is 0 Å². The molecule has 0 spiro atoms. The number of benzene rings is 1. The number of aromatic nitrogens is 5. The van der Waals surface area contributed by atoms with Gasteiger partial charge in [-0.15, -0.1) is 0 Å². The van der Waals surface area contributed by atoms with Crippen molar-refractivity contribution in [3.63, 3.8) is 0 Å². The highest BCUT2D eigenvalue weighted by Gasteiger charge is 2.17. The monoisotopic (exact) mass is 339 g/mol. The fourth-order valence-corrected chi connectivity index (χ4v) is 3.00. The summed E-state index contributed by atoms with van der Waals surface area (Å²) in [6.07, 6.45) is 7.18. The van der Waals surface area contributed by atoms with Crippen LogP contribution >= 0.6 is 0 Å². The second kappa shape index (κ2) is 6.50. The number of nitrogens with zero attached hydrogens (tertiary/aromatic N) is 6. The first-order chi connectivity index (χ1) is 12.8. The van der Waals surface area contributed by atoms with Crippen LogP contribution < -0.4 is 0 Å². The summed E-state index contributed by atoms with van der Waals surface area (Å²) in [5, 5.41) is 23.7. The minimum Gasteiger partial charge on any atom is -0.346 e. The average molecular weight is 339 g/mol. The minimum atomic E-state index is -0.273. The number of nitriles is 2. The highest BCUT2D eigenvalue weighted by atomic mass is 15.3. The maximum Gasteiger partial charge on any atom is 0.141 e. The van der Waals surface area contributed by atoms with Crippen molar-refractivity contribution < 1.29 is 0 Å². The van der Waals surface area contributed by atoms with Crippen molar-refractivity contribution >= 4 is 11.0 Å². The number of rotatable bonds is 4. The van der Waals surface area contributed by atoms with E-state index in [1.54, 1.807) is 23.0 Å². The Morgan fingerprint density at radius 2 is 2.12 bits per heavy atom. The van der Waals surface area contributed by atoms with Gasteiger partial charge in [-0.25, -0.2) is 9.97 Å². The lowest BCUT2D eigenvalue weighted by Crippen LogP contribution is -2.10. The van der Waals surface area contributed by atoms with Gasteiger partial charge in [-0.05, 0) is 23.8 Å². The van der Waals surface area contributed by atoms with Crippen LogP contribution in [-0.2, 0) is 0 Å². The van der Waals surface area contributed by atoms with Crippen LogP contribution in [0.15, 0.2) is 55.2 Å². The van der Waals surface area contributed by atoms with E-state index >= 15 is 0 Å². The average Bonchev–Trinajstić information content (AvgIpc) is 3.35. The van der Waals surface area contributed by atoms with Gasteiger partial charge in [-0.2, -0.15) is 15.6 Å². The first-order valence-electron chi connectivity index (χ1n) is 8.00. The zero-order valence-corrected chi connectivity index (χ0v) is 13.7. The molecule has 0 aliphatic rings. The molecule has 7 heteroatoms. The summed E-state index contributed by atoms with van der Waals surface area (Å²) in [7, 11) is 0. The molecule has 0 saturated heterocycles. The topological polar surface area (TPSA) is 107 Å². The van der Waals surface area contributed by atoms with Gasteiger partial charge in [-0.1, -0.05) is 12.1 Å². The third-order valence-corrected chi connectivity index (χ3v) is 4.23. The van der Waals surface area contributed by atoms with Gasteiger partial charge in [0.1, 0.15) is 12.0 Å². The molecule has 1 atom stereocenters. The third-order valence-electron chi connectivity index (χ3n) is 4.23. The van der Waals surface area contributed by atoms with Crippen LogP contribution in [-0.4, -0.2) is 24.7 Å². The second-order valence-electron chi connectivity index (χ2n) is 5.79. The predicted octanol–water partition coefficient (Wildman–Crippen LogP) is 3.20. The van der Waals surface area contributed by atoms with Crippen LogP contribution in [0.2, 0.25) is 0 Å². The maximum absolute atomic E-state index is 9.24. The predicted molar refractivity (Wildman–Crippen MR) is 94.6 cm³/mol. The van der Waals surface area contributed by atoms with Gasteiger partial charge in [0.05, 0.1) is 42.1 Å². The molecule has 26 heavy (non-hydrogen) atoms. The molecule has 0 fully saturated rings. The van der Waals surface area contributed by atoms with Crippen molar-refractivity contribution in [3.05, 3.63) is 66.4 Å². The number of hydrogen-bond donors (Lipinski definition) is 1. The minimum absolute atomic E-state index is 0.249. The number of fused-ring (bicyclic) bond motifs is 1. The van der Waals surface area contributed by atoms with E-state index in [-0.39, 0.29) is 12.5 Å². The summed E-state index contributed by atoms with van der Waals surface area (Å²) in [4.78, 5) is 11.6. The lowest BCUT2D eigenvalue weighted by Gasteiger charge is -2.15. The van der Waals surface area contributed by atoms with Crippen molar-refractivity contribution in [3.8, 4) is 23.4 Å². The first-order valence-corrected chi connectivity index (χ1v) is 8.00. The molecule has 3 heterocycles. The van der Waals surface area contributed by atoms with Crippen molar-refractivity contribution in [1.29, 1.82) is 10.5 Å². The van der Waals surface area contributed by atoms with Gasteiger partial charge in [0.2, 0.25) is 0 Å². The van der Waals surface area contributed by atoms with E-state index < -0.39 is 0 Å². The molecule has 124 valence electrons. The Morgan fingerprint density at radius 3 is 2.96 bits per heavy atom. The summed E-state index contributed by atoms with van der Waals surface area (Å²) in [5.41, 5.74) is 3.82. The molecule has 0 aliphatic carbocycles. The lowest BCUT2D eigenvalue weighted by molar-refractivity contribution is 0.532. The third kappa shape index (κ3) is 2.68. The molecule has 7 nitrogen and oxygen atoms in total. The Hall–Kier alpha value is -3.97. The zero-order chi connectivity index (χ0) is 17.9. The maximum atomic E-state index is 9.24. The lowest BCUT2D eigenvalue weighted by atomic mass is 10.0. The highest BCUT2D eigenvalue weighted by Crippen LogP contribution is 2.28. The summed E-state index contributed by atoms with van der Waals surface area (Å²) in [6.45, 7) is 0. The molecular formula is C19H13N7. The van der Waals surface area contributed by atoms with Crippen LogP contribution in [0.4, 0.5) is 0 Å². The summed E-state index contributed by atoms with van der Waals surface area (Å²) in [6, 6.07) is 13.2. The SMILES string of the molecule is N#CC[C@@H](c1cccc(C#N)c1)n1cc(-c2ncnc3[nH]ccc23)cn1. The molecule has 0 unspecified atom stereocenters. The Balaban J connectivity index is 1.76. The number of nitrogens with one attached hydrogen (secondary N) is 1. The van der Waals surface area contributed by atoms with Gasteiger partial charge < -0.3 is 4.98 Å². The smallest absolute Gasteiger partial charge is 0.141 e. The molecule has 1 N–H and O–H groups in total. The highest BCUT2D eigenvalue weighted by molar-refractivity contribution is 5.89. The molecule has 4 rings (SSSR count). The summed E-state index contributed by atoms with van der Waals surface area (Å²) < 4.78 is 1.75. The van der Waals surface area contributed by atoms with Crippen LogP contribution in [0, 0.1) is 22.7 Å². The fourth-order valence-electron chi connectivity index (χ4n) is 3.00. The summed E-state index contributed by atoms with van der Waals surface area (Å²) in [5.74, 6) is 0. The van der Waals surface area contributed by atoms with Gasteiger partial charge in [0, 0.05) is 23.3 Å². The Bertz CT molecular complexity index is 1160. The molecule has 0 aliphatic heterocycles. The molecule has 1 aromatic carbocycles. The van der Waals surface area contributed by atoms with E-state index in [1.807, 2.05) is 30.6 Å². The van der Waals surface area contributed by atoms with Gasteiger partial charge >= 0.3 is 0 Å². The van der Waals surface area contributed by atoms with Crippen molar-refractivity contribution in [2.45, 2.75) is 12.5 Å². The van der Waals surface area contributed by atoms with E-state index in [2.05, 4.69) is 32.2 Å². The quantitative estimate of drug-likeness (QED) is 0.614. The van der Waals surface area contributed by atoms with E-state index in [0.717, 1.165) is 27.9 Å². The number of hydrogen-bond acceptors (Lipinski definition) is 5. The fraction of sp³-hybridized carbons (Fsp3) is 0.105. The molecule has 4 aromatic rings. The zero-order valence-electron chi connectivity index (χ0n) is 13.7. The molecule has 3 aromatic heterocycles. The molecule has 0 amide bonds. The van der Waals surface area contributed by atoms with Crippen LogP contribution in [0.5, 0.6) is 0 Å². The van der Waals surface area contributed by atoms with E-state index in [4.69, 9.17) is 5.26 Å². The Kier molecular flexibility index (Phi) is 3.89. The van der Waals surface area contributed by atoms with Gasteiger partial charge in [-0.3, -0.25) is 4.68 Å².